The second-order valence-electron chi connectivity index (χ2n) is 6.33. The van der Waals surface area contributed by atoms with Crippen molar-refractivity contribution in [1.82, 2.24) is 20.6 Å². The minimum absolute atomic E-state index is 0.311. The molecule has 1 fully saturated rings. The van der Waals surface area contributed by atoms with Gasteiger partial charge in [-0.25, -0.2) is 15.0 Å². The number of rotatable bonds is 5. The summed E-state index contributed by atoms with van der Waals surface area (Å²) in [5.41, 5.74) is 1.09. The van der Waals surface area contributed by atoms with Crippen molar-refractivity contribution in [2.75, 3.05) is 24.5 Å². The van der Waals surface area contributed by atoms with E-state index in [0.717, 1.165) is 48.5 Å². The number of nitrogens with one attached hydrogen (secondary N) is 2. The number of aryl methyl sites for hydroxylation is 2. The number of guanidine groups is 1. The normalized spacial score (nSPS) is 17.6. The summed E-state index contributed by atoms with van der Waals surface area (Å²) in [6, 6.07) is 4.05. The van der Waals surface area contributed by atoms with E-state index in [0.29, 0.717) is 17.6 Å². The molecule has 1 aliphatic rings. The van der Waals surface area contributed by atoms with E-state index < -0.39 is 0 Å². The van der Waals surface area contributed by atoms with Gasteiger partial charge in [0.2, 0.25) is 0 Å². The highest BCUT2D eigenvalue weighted by Gasteiger charge is 2.25. The molecular weight excluding hydrogens is 368 g/mol. The Labute approximate surface area is 163 Å². The third-order valence-corrected chi connectivity index (χ3v) is 5.71. The maximum absolute atomic E-state index is 6.27. The van der Waals surface area contributed by atoms with Gasteiger partial charge in [0.15, 0.2) is 5.96 Å². The van der Waals surface area contributed by atoms with Crippen molar-refractivity contribution < 1.29 is 0 Å². The Morgan fingerprint density at radius 2 is 2.31 bits per heavy atom. The topological polar surface area (TPSA) is 65.4 Å². The Kier molecular flexibility index (Phi) is 6.32. The van der Waals surface area contributed by atoms with Crippen LogP contribution in [0.15, 0.2) is 23.3 Å². The summed E-state index contributed by atoms with van der Waals surface area (Å²) in [5, 5.41) is 8.60. The fourth-order valence-corrected chi connectivity index (χ4v) is 4.05. The van der Waals surface area contributed by atoms with Crippen LogP contribution < -0.4 is 15.5 Å². The summed E-state index contributed by atoms with van der Waals surface area (Å²) >= 11 is 7.98. The number of nitrogens with zero attached hydrogens (tertiary/aromatic N) is 4. The van der Waals surface area contributed by atoms with Crippen molar-refractivity contribution in [3.05, 3.63) is 38.9 Å². The molecule has 0 aliphatic carbocycles. The van der Waals surface area contributed by atoms with Crippen LogP contribution in [-0.4, -0.2) is 41.6 Å². The zero-order chi connectivity index (χ0) is 18.5. The van der Waals surface area contributed by atoms with Crippen LogP contribution in [0.1, 0.15) is 28.9 Å². The van der Waals surface area contributed by atoms with Crippen LogP contribution >= 0.6 is 22.9 Å². The first-order valence-corrected chi connectivity index (χ1v) is 10.1. The number of aliphatic imine (C=N–C) groups is 1. The van der Waals surface area contributed by atoms with E-state index in [1.165, 1.54) is 4.88 Å². The minimum Gasteiger partial charge on any atom is -0.357 e. The van der Waals surface area contributed by atoms with Gasteiger partial charge in [0.25, 0.3) is 0 Å². The summed E-state index contributed by atoms with van der Waals surface area (Å²) in [6.07, 6.45) is 2.80. The number of pyridine rings is 1. The van der Waals surface area contributed by atoms with Gasteiger partial charge in [0.05, 0.1) is 17.3 Å². The molecule has 2 N–H and O–H groups in total. The van der Waals surface area contributed by atoms with Crippen molar-refractivity contribution >= 4 is 34.7 Å². The van der Waals surface area contributed by atoms with Crippen LogP contribution in [0, 0.1) is 13.8 Å². The molecule has 1 unspecified atom stereocenters. The van der Waals surface area contributed by atoms with Gasteiger partial charge in [-0.05, 0) is 39.3 Å². The largest absolute Gasteiger partial charge is 0.357 e. The molecule has 6 nitrogen and oxygen atoms in total. The van der Waals surface area contributed by atoms with Crippen molar-refractivity contribution in [1.29, 1.82) is 0 Å². The third kappa shape index (κ3) is 4.65. The molecule has 1 saturated heterocycles. The lowest BCUT2D eigenvalue weighted by Crippen LogP contribution is -2.44. The number of hydrogen-bond acceptors (Lipinski definition) is 5. The Hall–Kier alpha value is -1.86. The average molecular weight is 393 g/mol. The molecule has 2 aromatic heterocycles. The van der Waals surface area contributed by atoms with Crippen LogP contribution in [0.4, 0.5) is 5.82 Å². The summed E-state index contributed by atoms with van der Waals surface area (Å²) in [4.78, 5) is 17.1. The molecule has 1 aliphatic heterocycles. The smallest absolute Gasteiger partial charge is 0.191 e. The van der Waals surface area contributed by atoms with Crippen molar-refractivity contribution in [2.24, 2.45) is 4.99 Å². The van der Waals surface area contributed by atoms with E-state index in [9.17, 15) is 0 Å². The second-order valence-corrected chi connectivity index (χ2v) is 8.02. The van der Waals surface area contributed by atoms with E-state index in [2.05, 4.69) is 39.3 Å². The molecule has 140 valence electrons. The summed E-state index contributed by atoms with van der Waals surface area (Å²) in [7, 11) is 0. The average Bonchev–Trinajstić information content (AvgIpc) is 3.20. The molecule has 3 rings (SSSR count). The first-order chi connectivity index (χ1) is 12.6. The molecule has 8 heteroatoms. The van der Waals surface area contributed by atoms with Gasteiger partial charge in [-0.2, -0.15) is 0 Å². The van der Waals surface area contributed by atoms with Gasteiger partial charge in [0, 0.05) is 36.8 Å². The van der Waals surface area contributed by atoms with E-state index in [4.69, 9.17) is 16.6 Å². The highest BCUT2D eigenvalue weighted by atomic mass is 35.5. The summed E-state index contributed by atoms with van der Waals surface area (Å²) in [5.74, 6) is 1.69. The maximum Gasteiger partial charge on any atom is 0.191 e. The minimum atomic E-state index is 0.311. The number of halogens is 1. The molecular formula is C18H25ClN6S. The zero-order valence-corrected chi connectivity index (χ0v) is 17.0. The Morgan fingerprint density at radius 3 is 3.00 bits per heavy atom. The molecule has 26 heavy (non-hydrogen) atoms. The Bertz CT molecular complexity index is 755. The fourth-order valence-electron chi connectivity index (χ4n) is 2.95. The van der Waals surface area contributed by atoms with E-state index in [1.807, 2.05) is 19.1 Å². The highest BCUT2D eigenvalue weighted by Crippen LogP contribution is 2.25. The van der Waals surface area contributed by atoms with Gasteiger partial charge >= 0.3 is 0 Å². The van der Waals surface area contributed by atoms with Crippen LogP contribution in [-0.2, 0) is 6.54 Å². The van der Waals surface area contributed by atoms with Crippen molar-refractivity contribution in [2.45, 2.75) is 39.8 Å². The van der Waals surface area contributed by atoms with E-state index >= 15 is 0 Å². The van der Waals surface area contributed by atoms with Gasteiger partial charge in [-0.15, -0.1) is 11.3 Å². The van der Waals surface area contributed by atoms with E-state index in [1.54, 1.807) is 17.5 Å². The van der Waals surface area contributed by atoms with Gasteiger partial charge in [-0.3, -0.25) is 0 Å². The third-order valence-electron chi connectivity index (χ3n) is 4.36. The molecule has 2 aromatic rings. The molecule has 0 aromatic carbocycles. The summed E-state index contributed by atoms with van der Waals surface area (Å²) in [6.45, 7) is 9.41. The standard InChI is InChI=1S/C18H25ClN6S/c1-4-20-18(22-10-16-23-12(2)13(3)26-16)24-14-7-9-25(11-14)17-15(19)6-5-8-21-17/h5-6,8,14H,4,7,9-11H2,1-3H3,(H2,20,22,24). The SMILES string of the molecule is CCNC(=NCc1nc(C)c(C)s1)NC1CCN(c2ncccc2Cl)C1. The lowest BCUT2D eigenvalue weighted by Gasteiger charge is -2.20. The first kappa shape index (κ1) is 18.9. The molecule has 3 heterocycles. The Morgan fingerprint density at radius 1 is 1.46 bits per heavy atom. The molecule has 0 amide bonds. The number of hydrogen-bond donors (Lipinski definition) is 2. The van der Waals surface area contributed by atoms with Gasteiger partial charge in [0.1, 0.15) is 10.8 Å². The predicted molar refractivity (Wildman–Crippen MR) is 109 cm³/mol. The van der Waals surface area contributed by atoms with Gasteiger partial charge < -0.3 is 15.5 Å². The predicted octanol–water partition coefficient (Wildman–Crippen LogP) is 3.14. The quantitative estimate of drug-likeness (QED) is 0.604. The van der Waals surface area contributed by atoms with Crippen LogP contribution in [0.3, 0.4) is 0 Å². The highest BCUT2D eigenvalue weighted by molar-refractivity contribution is 7.11. The van der Waals surface area contributed by atoms with Crippen LogP contribution in [0.2, 0.25) is 5.02 Å². The Balaban J connectivity index is 1.61. The monoisotopic (exact) mass is 392 g/mol. The van der Waals surface area contributed by atoms with E-state index in [-0.39, 0.29) is 0 Å². The number of thiazole rings is 1. The van der Waals surface area contributed by atoms with Crippen LogP contribution in [0.5, 0.6) is 0 Å². The lowest BCUT2D eigenvalue weighted by atomic mass is 10.3. The lowest BCUT2D eigenvalue weighted by molar-refractivity contribution is 0.648. The molecule has 0 radical (unpaired) electrons. The van der Waals surface area contributed by atoms with Gasteiger partial charge in [-0.1, -0.05) is 11.6 Å². The molecule has 0 spiro atoms. The first-order valence-electron chi connectivity index (χ1n) is 8.90. The molecule has 0 bridgehead atoms. The van der Waals surface area contributed by atoms with Crippen molar-refractivity contribution in [3.63, 3.8) is 0 Å². The molecule has 1 atom stereocenters. The van der Waals surface area contributed by atoms with Crippen molar-refractivity contribution in [3.8, 4) is 0 Å². The zero-order valence-electron chi connectivity index (χ0n) is 15.4. The number of anilines is 1. The fraction of sp³-hybridized carbons (Fsp3) is 0.500. The number of aromatic nitrogens is 2. The maximum atomic E-state index is 6.27. The van der Waals surface area contributed by atoms with Crippen LogP contribution in [0.25, 0.3) is 0 Å². The summed E-state index contributed by atoms with van der Waals surface area (Å²) < 4.78 is 0. The second kappa shape index (κ2) is 8.68. The molecule has 0 saturated carbocycles.